The van der Waals surface area contributed by atoms with E-state index in [0.29, 0.717) is 6.61 Å². The number of halogens is 1. The lowest BCUT2D eigenvalue weighted by atomic mass is 10.3. The van der Waals surface area contributed by atoms with Crippen molar-refractivity contribution in [3.05, 3.63) is 0 Å². The number of ether oxygens (including phenoxy) is 2. The first kappa shape index (κ1) is 13.1. The van der Waals surface area contributed by atoms with Gasteiger partial charge in [0.05, 0.1) is 6.61 Å². The van der Waals surface area contributed by atoms with E-state index in [9.17, 15) is 4.79 Å². The molecule has 0 heterocycles. The van der Waals surface area contributed by atoms with Crippen molar-refractivity contribution >= 4 is 18.6 Å². The molecule has 0 aliphatic carbocycles. The Labute approximate surface area is 71.9 Å². The molecule has 0 aliphatic rings. The maximum atomic E-state index is 9.78. The van der Waals surface area contributed by atoms with Crippen LogP contribution in [0.1, 0.15) is 12.8 Å². The van der Waals surface area contributed by atoms with Gasteiger partial charge in [-0.05, 0) is 12.8 Å². The highest BCUT2D eigenvalue weighted by Gasteiger charge is 1.94. The molecule has 5 heteroatoms. The van der Waals surface area contributed by atoms with Gasteiger partial charge in [0.1, 0.15) is 0 Å². The molecule has 0 aromatic heterocycles. The van der Waals surface area contributed by atoms with Gasteiger partial charge in [0.25, 0.3) is 0 Å². The summed E-state index contributed by atoms with van der Waals surface area (Å²) in [5.74, 6) is 0. The molecule has 0 bridgehead atoms. The van der Waals surface area contributed by atoms with Gasteiger partial charge in [-0.3, -0.25) is 0 Å². The fourth-order valence-corrected chi connectivity index (χ4v) is 0.508. The molecular weight excluding hydrogens is 172 g/mol. The van der Waals surface area contributed by atoms with Gasteiger partial charge in [-0.1, -0.05) is 0 Å². The maximum Gasteiger partial charge on any atom is 0.505 e. The highest BCUT2D eigenvalue weighted by Crippen LogP contribution is 1.90. The second kappa shape index (κ2) is 9.52. The minimum atomic E-state index is -1.21. The molecule has 0 unspecified atom stereocenters. The van der Waals surface area contributed by atoms with E-state index < -0.39 is 6.16 Å². The van der Waals surface area contributed by atoms with Gasteiger partial charge in [-0.15, -0.1) is 12.4 Å². The quantitative estimate of drug-likeness (QED) is 0.520. The summed E-state index contributed by atoms with van der Waals surface area (Å²) >= 11 is 0. The summed E-state index contributed by atoms with van der Waals surface area (Å²) in [4.78, 5) is 9.78. The number of carbonyl (C=O) groups is 1. The van der Waals surface area contributed by atoms with Crippen molar-refractivity contribution in [2.45, 2.75) is 12.8 Å². The van der Waals surface area contributed by atoms with Crippen LogP contribution in [0, 0.1) is 0 Å². The molecule has 0 fully saturated rings. The molecule has 0 aromatic rings. The molecule has 4 nitrogen and oxygen atoms in total. The Hall–Kier alpha value is -0.480. The number of unbranched alkanes of at least 4 members (excludes halogenated alkanes) is 1. The third-order valence-electron chi connectivity index (χ3n) is 0.968. The average Bonchev–Trinajstić information content (AvgIpc) is 1.87. The highest BCUT2D eigenvalue weighted by molar-refractivity contribution is 5.85. The summed E-state index contributed by atoms with van der Waals surface area (Å²) < 4.78 is 9.00. The Bertz CT molecular complexity index is 96.6. The number of methoxy groups -OCH3 is 1. The summed E-state index contributed by atoms with van der Waals surface area (Å²) in [6, 6.07) is 0. The Balaban J connectivity index is 0. The van der Waals surface area contributed by atoms with Crippen LogP contribution in [0.4, 0.5) is 4.79 Å². The lowest BCUT2D eigenvalue weighted by Crippen LogP contribution is -2.02. The van der Waals surface area contributed by atoms with E-state index in [1.807, 2.05) is 0 Å². The van der Waals surface area contributed by atoms with Crippen molar-refractivity contribution in [2.75, 3.05) is 20.3 Å². The molecule has 0 radical (unpaired) electrons. The van der Waals surface area contributed by atoms with Crippen LogP contribution in [0.15, 0.2) is 0 Å². The van der Waals surface area contributed by atoms with Crippen molar-refractivity contribution in [1.82, 2.24) is 0 Å². The normalized spacial score (nSPS) is 8.45. The Morgan fingerprint density at radius 1 is 1.36 bits per heavy atom. The molecule has 0 aliphatic heterocycles. The van der Waals surface area contributed by atoms with E-state index in [1.165, 1.54) is 0 Å². The van der Waals surface area contributed by atoms with E-state index in [2.05, 4.69) is 4.74 Å². The Morgan fingerprint density at radius 2 is 1.91 bits per heavy atom. The standard InChI is InChI=1S/C6H12O4.ClH/c1-9-4-2-3-5-10-6(7)8;/h2-5H2,1H3,(H,7,8);1H. The van der Waals surface area contributed by atoms with Crippen molar-refractivity contribution < 1.29 is 19.4 Å². The molecule has 0 saturated heterocycles. The van der Waals surface area contributed by atoms with Crippen LogP contribution in [-0.4, -0.2) is 31.6 Å². The lowest BCUT2D eigenvalue weighted by molar-refractivity contribution is 0.0871. The van der Waals surface area contributed by atoms with Crippen molar-refractivity contribution in [3.8, 4) is 0 Å². The topological polar surface area (TPSA) is 55.8 Å². The van der Waals surface area contributed by atoms with Gasteiger partial charge in [0.2, 0.25) is 0 Å². The average molecular weight is 185 g/mol. The SMILES string of the molecule is COCCCCOC(=O)O.Cl. The molecule has 0 saturated carbocycles. The van der Waals surface area contributed by atoms with Crippen LogP contribution in [-0.2, 0) is 9.47 Å². The Kier molecular flexibility index (Phi) is 11.4. The first-order valence-corrected chi connectivity index (χ1v) is 3.12. The zero-order chi connectivity index (χ0) is 7.82. The monoisotopic (exact) mass is 184 g/mol. The molecule has 0 spiro atoms. The fourth-order valence-electron chi connectivity index (χ4n) is 0.508. The molecule has 0 amide bonds. The van der Waals surface area contributed by atoms with E-state index in [4.69, 9.17) is 9.84 Å². The first-order chi connectivity index (χ1) is 4.77. The van der Waals surface area contributed by atoms with Crippen LogP contribution >= 0.6 is 12.4 Å². The molecule has 0 rings (SSSR count). The molecule has 68 valence electrons. The fraction of sp³-hybridized carbons (Fsp3) is 0.833. The van der Waals surface area contributed by atoms with Crippen LogP contribution in [0.5, 0.6) is 0 Å². The Morgan fingerprint density at radius 3 is 2.36 bits per heavy atom. The first-order valence-electron chi connectivity index (χ1n) is 3.12. The van der Waals surface area contributed by atoms with Gasteiger partial charge < -0.3 is 14.6 Å². The highest BCUT2D eigenvalue weighted by atomic mass is 35.5. The maximum absolute atomic E-state index is 9.78. The zero-order valence-electron chi connectivity index (χ0n) is 6.41. The number of rotatable bonds is 5. The largest absolute Gasteiger partial charge is 0.505 e. The third kappa shape index (κ3) is 12.7. The van der Waals surface area contributed by atoms with Crippen LogP contribution in [0.25, 0.3) is 0 Å². The number of hydrogen-bond donors (Lipinski definition) is 1. The van der Waals surface area contributed by atoms with Gasteiger partial charge in [0.15, 0.2) is 0 Å². The molecule has 0 aromatic carbocycles. The van der Waals surface area contributed by atoms with Gasteiger partial charge in [-0.25, -0.2) is 4.79 Å². The summed E-state index contributed by atoms with van der Waals surface area (Å²) in [5.41, 5.74) is 0. The van der Waals surface area contributed by atoms with E-state index in [1.54, 1.807) is 7.11 Å². The third-order valence-corrected chi connectivity index (χ3v) is 0.968. The number of hydrogen-bond acceptors (Lipinski definition) is 3. The van der Waals surface area contributed by atoms with E-state index >= 15 is 0 Å². The van der Waals surface area contributed by atoms with Crippen LogP contribution < -0.4 is 0 Å². The predicted molar refractivity (Wildman–Crippen MR) is 42.3 cm³/mol. The van der Waals surface area contributed by atoms with E-state index in [0.717, 1.165) is 12.8 Å². The molecular formula is C6H13ClO4. The van der Waals surface area contributed by atoms with Gasteiger partial charge >= 0.3 is 6.16 Å². The zero-order valence-corrected chi connectivity index (χ0v) is 7.23. The summed E-state index contributed by atoms with van der Waals surface area (Å²) in [6.45, 7) is 0.918. The predicted octanol–water partition coefficient (Wildman–Crippen LogP) is 1.53. The van der Waals surface area contributed by atoms with Gasteiger partial charge in [-0.2, -0.15) is 0 Å². The van der Waals surface area contributed by atoms with Gasteiger partial charge in [0, 0.05) is 13.7 Å². The van der Waals surface area contributed by atoms with Crippen molar-refractivity contribution in [2.24, 2.45) is 0 Å². The minimum Gasteiger partial charge on any atom is -0.450 e. The second-order valence-electron chi connectivity index (χ2n) is 1.81. The summed E-state index contributed by atoms with van der Waals surface area (Å²) in [7, 11) is 1.61. The number of carboxylic acid groups (broad SMARTS) is 1. The molecule has 11 heavy (non-hydrogen) atoms. The minimum absolute atomic E-state index is 0. The summed E-state index contributed by atoms with van der Waals surface area (Å²) in [5, 5.41) is 8.02. The molecule has 1 N–H and O–H groups in total. The van der Waals surface area contributed by atoms with E-state index in [-0.39, 0.29) is 19.0 Å². The van der Waals surface area contributed by atoms with Crippen LogP contribution in [0.2, 0.25) is 0 Å². The van der Waals surface area contributed by atoms with Crippen LogP contribution in [0.3, 0.4) is 0 Å². The lowest BCUT2D eigenvalue weighted by Gasteiger charge is -1.98. The second-order valence-corrected chi connectivity index (χ2v) is 1.81. The van der Waals surface area contributed by atoms with Crippen molar-refractivity contribution in [3.63, 3.8) is 0 Å². The summed E-state index contributed by atoms with van der Waals surface area (Å²) in [6.07, 6.45) is 0.349. The van der Waals surface area contributed by atoms with Crippen molar-refractivity contribution in [1.29, 1.82) is 0 Å². The molecule has 0 atom stereocenters. The smallest absolute Gasteiger partial charge is 0.450 e.